The van der Waals surface area contributed by atoms with E-state index in [9.17, 15) is 9.59 Å². The zero-order chi connectivity index (χ0) is 17.2. The summed E-state index contributed by atoms with van der Waals surface area (Å²) in [5.74, 6) is 0.720. The maximum Gasteiger partial charge on any atom is 0.312 e. The van der Waals surface area contributed by atoms with Crippen LogP contribution < -0.4 is 0 Å². The number of hydrogen-bond acceptors (Lipinski definition) is 3. The average molecular weight is 310 g/mol. The van der Waals surface area contributed by atoms with Crippen LogP contribution in [0.5, 0.6) is 0 Å². The minimum atomic E-state index is -0.431. The lowest BCUT2D eigenvalue weighted by Gasteiger charge is -2.42. The van der Waals surface area contributed by atoms with Crippen molar-refractivity contribution in [1.82, 2.24) is 0 Å². The molecule has 0 heterocycles. The Kier molecular flexibility index (Phi) is 5.86. The SMILES string of the molecule is CCC(C)(C)C(=O)OC(C)(C)C1CCC(C(C)(C)C=O)CC1. The quantitative estimate of drug-likeness (QED) is 0.524. The number of carbonyl (C=O) groups is 2. The molecule has 0 spiro atoms. The van der Waals surface area contributed by atoms with E-state index in [1.165, 1.54) is 0 Å². The maximum atomic E-state index is 12.4. The van der Waals surface area contributed by atoms with Crippen LogP contribution in [0, 0.1) is 22.7 Å². The Balaban J connectivity index is 2.66. The maximum absolute atomic E-state index is 12.4. The highest BCUT2D eigenvalue weighted by atomic mass is 16.6. The Bertz CT molecular complexity index is 399. The zero-order valence-electron chi connectivity index (χ0n) is 15.5. The highest BCUT2D eigenvalue weighted by molar-refractivity contribution is 5.76. The molecule has 0 unspecified atom stereocenters. The molecule has 3 heteroatoms. The number of ether oxygens (including phenoxy) is 1. The van der Waals surface area contributed by atoms with Gasteiger partial charge >= 0.3 is 5.97 Å². The van der Waals surface area contributed by atoms with Gasteiger partial charge in [0.05, 0.1) is 5.41 Å². The Hall–Kier alpha value is -0.860. The molecule has 0 aliphatic heterocycles. The van der Waals surface area contributed by atoms with Gasteiger partial charge in [0.25, 0.3) is 0 Å². The predicted octanol–water partition coefficient (Wildman–Crippen LogP) is 4.78. The van der Waals surface area contributed by atoms with Gasteiger partial charge in [0.1, 0.15) is 11.9 Å². The molecule has 0 aromatic carbocycles. The summed E-state index contributed by atoms with van der Waals surface area (Å²) in [6.45, 7) is 14.0. The molecule has 1 saturated carbocycles. The van der Waals surface area contributed by atoms with Crippen molar-refractivity contribution in [1.29, 1.82) is 0 Å². The summed E-state index contributed by atoms with van der Waals surface area (Å²) in [5, 5.41) is 0. The normalized spacial score (nSPS) is 24.0. The molecule has 1 fully saturated rings. The van der Waals surface area contributed by atoms with Crippen molar-refractivity contribution in [2.45, 2.75) is 86.2 Å². The van der Waals surface area contributed by atoms with Gasteiger partial charge in [-0.1, -0.05) is 20.8 Å². The molecule has 128 valence electrons. The van der Waals surface area contributed by atoms with Crippen LogP contribution in [0.15, 0.2) is 0 Å². The summed E-state index contributed by atoms with van der Waals surface area (Å²) < 4.78 is 5.87. The number of esters is 1. The Morgan fingerprint density at radius 3 is 1.86 bits per heavy atom. The summed E-state index contributed by atoms with van der Waals surface area (Å²) in [6.07, 6.45) is 5.99. The summed E-state index contributed by atoms with van der Waals surface area (Å²) in [4.78, 5) is 23.6. The van der Waals surface area contributed by atoms with Crippen LogP contribution in [0.3, 0.4) is 0 Å². The van der Waals surface area contributed by atoms with Gasteiger partial charge in [-0.05, 0) is 71.6 Å². The average Bonchev–Trinajstić information content (AvgIpc) is 2.46. The molecule has 0 aromatic heterocycles. The molecule has 1 rings (SSSR count). The highest BCUT2D eigenvalue weighted by Crippen LogP contribution is 2.43. The topological polar surface area (TPSA) is 43.4 Å². The second-order valence-electron chi connectivity index (χ2n) is 8.72. The molecule has 0 atom stereocenters. The summed E-state index contributed by atoms with van der Waals surface area (Å²) in [6, 6.07) is 0. The van der Waals surface area contributed by atoms with Crippen LogP contribution >= 0.6 is 0 Å². The van der Waals surface area contributed by atoms with E-state index in [1.54, 1.807) is 0 Å². The monoisotopic (exact) mass is 310 g/mol. The fourth-order valence-electron chi connectivity index (χ4n) is 3.23. The van der Waals surface area contributed by atoms with E-state index >= 15 is 0 Å². The van der Waals surface area contributed by atoms with E-state index in [-0.39, 0.29) is 11.4 Å². The molecular formula is C19H34O3. The van der Waals surface area contributed by atoms with Crippen molar-refractivity contribution >= 4 is 12.3 Å². The number of aldehydes is 1. The van der Waals surface area contributed by atoms with Gasteiger partial charge in [-0.15, -0.1) is 0 Å². The fourth-order valence-corrected chi connectivity index (χ4v) is 3.23. The minimum absolute atomic E-state index is 0.102. The Labute approximate surface area is 136 Å². The van der Waals surface area contributed by atoms with Gasteiger partial charge in [-0.25, -0.2) is 0 Å². The smallest absolute Gasteiger partial charge is 0.312 e. The van der Waals surface area contributed by atoms with Crippen molar-refractivity contribution < 1.29 is 14.3 Å². The van der Waals surface area contributed by atoms with Crippen LogP contribution in [-0.2, 0) is 14.3 Å². The van der Waals surface area contributed by atoms with Crippen LogP contribution in [0.1, 0.15) is 80.6 Å². The lowest BCUT2D eigenvalue weighted by molar-refractivity contribution is -0.174. The first-order chi connectivity index (χ1) is 9.96. The minimum Gasteiger partial charge on any atom is -0.459 e. The number of hydrogen-bond donors (Lipinski definition) is 0. The summed E-state index contributed by atoms with van der Waals surface area (Å²) >= 11 is 0. The third kappa shape index (κ3) is 4.33. The second-order valence-corrected chi connectivity index (χ2v) is 8.72. The molecule has 0 aromatic rings. The molecule has 0 radical (unpaired) electrons. The second kappa shape index (κ2) is 6.72. The van der Waals surface area contributed by atoms with Crippen molar-refractivity contribution in [3.63, 3.8) is 0 Å². The molecule has 22 heavy (non-hydrogen) atoms. The van der Waals surface area contributed by atoms with E-state index in [2.05, 4.69) is 0 Å². The molecule has 1 aliphatic carbocycles. The lowest BCUT2D eigenvalue weighted by Crippen LogP contribution is -2.43. The molecule has 0 bridgehead atoms. The first-order valence-electron chi connectivity index (χ1n) is 8.66. The molecule has 0 saturated heterocycles. The Morgan fingerprint density at radius 2 is 1.45 bits per heavy atom. The van der Waals surface area contributed by atoms with Crippen molar-refractivity contribution in [2.75, 3.05) is 0 Å². The van der Waals surface area contributed by atoms with E-state index in [0.717, 1.165) is 38.4 Å². The summed E-state index contributed by atoms with van der Waals surface area (Å²) in [7, 11) is 0. The fraction of sp³-hybridized carbons (Fsp3) is 0.895. The molecule has 0 amide bonds. The van der Waals surface area contributed by atoms with Crippen molar-refractivity contribution in [2.24, 2.45) is 22.7 Å². The van der Waals surface area contributed by atoms with E-state index in [0.29, 0.717) is 11.8 Å². The molecule has 3 nitrogen and oxygen atoms in total. The third-order valence-electron chi connectivity index (χ3n) is 5.86. The molecule has 1 aliphatic rings. The number of rotatable bonds is 6. The van der Waals surface area contributed by atoms with E-state index in [4.69, 9.17) is 4.74 Å². The molecule has 0 N–H and O–H groups in total. The largest absolute Gasteiger partial charge is 0.459 e. The highest BCUT2D eigenvalue weighted by Gasteiger charge is 2.41. The first-order valence-corrected chi connectivity index (χ1v) is 8.66. The van der Waals surface area contributed by atoms with Gasteiger partial charge < -0.3 is 9.53 Å². The van der Waals surface area contributed by atoms with Gasteiger partial charge in [0, 0.05) is 5.41 Å². The van der Waals surface area contributed by atoms with Gasteiger partial charge in [0.15, 0.2) is 0 Å². The van der Waals surface area contributed by atoms with Gasteiger partial charge in [0.2, 0.25) is 0 Å². The van der Waals surface area contributed by atoms with Crippen LogP contribution in [0.4, 0.5) is 0 Å². The van der Waals surface area contributed by atoms with E-state index < -0.39 is 11.0 Å². The van der Waals surface area contributed by atoms with Gasteiger partial charge in [-0.2, -0.15) is 0 Å². The van der Waals surface area contributed by atoms with Gasteiger partial charge in [-0.3, -0.25) is 4.79 Å². The number of carbonyl (C=O) groups excluding carboxylic acids is 2. The Morgan fingerprint density at radius 1 is 1.00 bits per heavy atom. The zero-order valence-corrected chi connectivity index (χ0v) is 15.5. The van der Waals surface area contributed by atoms with Crippen LogP contribution in [-0.4, -0.2) is 17.9 Å². The van der Waals surface area contributed by atoms with Crippen molar-refractivity contribution in [3.05, 3.63) is 0 Å². The van der Waals surface area contributed by atoms with E-state index in [1.807, 2.05) is 48.5 Å². The lowest BCUT2D eigenvalue weighted by atomic mass is 9.66. The molecular weight excluding hydrogens is 276 g/mol. The standard InChI is InChI=1S/C19H34O3/c1-8-17(2,3)16(21)22-19(6,7)15-11-9-14(10-12-15)18(4,5)13-20/h13-15H,8-12H2,1-7H3. The van der Waals surface area contributed by atoms with Crippen molar-refractivity contribution in [3.8, 4) is 0 Å². The first kappa shape index (κ1) is 19.2. The van der Waals surface area contributed by atoms with Crippen LogP contribution in [0.2, 0.25) is 0 Å². The van der Waals surface area contributed by atoms with Crippen LogP contribution in [0.25, 0.3) is 0 Å². The third-order valence-corrected chi connectivity index (χ3v) is 5.86. The summed E-state index contributed by atoms with van der Waals surface area (Å²) in [5.41, 5.74) is -1.09. The predicted molar refractivity (Wildman–Crippen MR) is 89.5 cm³/mol.